The fraction of sp³-hybridized carbons (Fsp3) is 0.467. The molecule has 2 N–H and O–H groups in total. The number of nitrogens with one attached hydrogen (secondary N) is 2. The maximum atomic E-state index is 8.75. The molecule has 0 aliphatic carbocycles. The van der Waals surface area contributed by atoms with Crippen LogP contribution in [-0.2, 0) is 6.54 Å². The number of benzene rings is 1. The van der Waals surface area contributed by atoms with Crippen LogP contribution in [-0.4, -0.2) is 18.5 Å². The Morgan fingerprint density at radius 2 is 2.00 bits per heavy atom. The van der Waals surface area contributed by atoms with Gasteiger partial charge in [0.15, 0.2) is 5.96 Å². The van der Waals surface area contributed by atoms with Crippen molar-refractivity contribution in [3.63, 3.8) is 0 Å². The van der Waals surface area contributed by atoms with Crippen molar-refractivity contribution in [3.05, 3.63) is 35.4 Å². The molecule has 0 aromatic heterocycles. The molecule has 0 radical (unpaired) electrons. The van der Waals surface area contributed by atoms with Gasteiger partial charge in [0.05, 0.1) is 18.2 Å². The molecule has 0 spiro atoms. The molecule has 0 saturated carbocycles. The van der Waals surface area contributed by atoms with E-state index in [0.29, 0.717) is 18.2 Å². The lowest BCUT2D eigenvalue weighted by Gasteiger charge is -2.16. The molecule has 0 bridgehead atoms. The summed E-state index contributed by atoms with van der Waals surface area (Å²) in [7, 11) is 0. The molecular weight excluding hydrogens is 236 g/mol. The second-order valence-electron chi connectivity index (χ2n) is 4.46. The Morgan fingerprint density at radius 3 is 2.53 bits per heavy atom. The Labute approximate surface area is 115 Å². The quantitative estimate of drug-likeness (QED) is 0.630. The van der Waals surface area contributed by atoms with Gasteiger partial charge in [-0.05, 0) is 38.0 Å². The van der Waals surface area contributed by atoms with Crippen molar-refractivity contribution < 1.29 is 0 Å². The summed E-state index contributed by atoms with van der Waals surface area (Å²) in [5, 5.41) is 15.3. The minimum absolute atomic E-state index is 0.402. The topological polar surface area (TPSA) is 60.2 Å². The predicted octanol–water partition coefficient (Wildman–Crippen LogP) is 2.41. The zero-order chi connectivity index (χ0) is 14.1. The third kappa shape index (κ3) is 5.43. The summed E-state index contributed by atoms with van der Waals surface area (Å²) in [6.07, 6.45) is 1.06. The van der Waals surface area contributed by atoms with E-state index in [4.69, 9.17) is 5.26 Å². The number of guanidine groups is 1. The van der Waals surface area contributed by atoms with Gasteiger partial charge in [0.25, 0.3) is 0 Å². The third-order valence-corrected chi connectivity index (χ3v) is 2.84. The Balaban J connectivity index is 2.65. The maximum Gasteiger partial charge on any atom is 0.191 e. The molecule has 19 heavy (non-hydrogen) atoms. The van der Waals surface area contributed by atoms with Gasteiger partial charge in [0.2, 0.25) is 0 Å². The van der Waals surface area contributed by atoms with Crippen molar-refractivity contribution in [2.75, 3.05) is 6.54 Å². The predicted molar refractivity (Wildman–Crippen MR) is 78.9 cm³/mol. The van der Waals surface area contributed by atoms with Crippen molar-refractivity contribution >= 4 is 5.96 Å². The van der Waals surface area contributed by atoms with Crippen LogP contribution in [0.3, 0.4) is 0 Å². The van der Waals surface area contributed by atoms with Crippen molar-refractivity contribution in [1.82, 2.24) is 10.6 Å². The standard InChI is InChI=1S/C15H22N4/c1-4-12(3)19-15(17-5-2)18-11-14-8-6-13(10-16)7-9-14/h6-9,12H,4-5,11H2,1-3H3,(H2,17,18,19). The first-order valence-corrected chi connectivity index (χ1v) is 6.73. The fourth-order valence-corrected chi connectivity index (χ4v) is 1.51. The van der Waals surface area contributed by atoms with Gasteiger partial charge in [-0.1, -0.05) is 19.1 Å². The van der Waals surface area contributed by atoms with Gasteiger partial charge >= 0.3 is 0 Å². The van der Waals surface area contributed by atoms with Crippen LogP contribution in [0, 0.1) is 11.3 Å². The molecule has 1 unspecified atom stereocenters. The number of nitriles is 1. The highest BCUT2D eigenvalue weighted by molar-refractivity contribution is 5.80. The van der Waals surface area contributed by atoms with E-state index in [0.717, 1.165) is 24.5 Å². The molecular formula is C15H22N4. The van der Waals surface area contributed by atoms with Crippen molar-refractivity contribution in [2.24, 2.45) is 4.99 Å². The second kappa shape index (κ2) is 8.15. The Bertz CT molecular complexity index is 442. The molecule has 1 atom stereocenters. The van der Waals surface area contributed by atoms with Crippen LogP contribution in [0.4, 0.5) is 0 Å². The van der Waals surface area contributed by atoms with Gasteiger partial charge in [-0.3, -0.25) is 0 Å². The lowest BCUT2D eigenvalue weighted by atomic mass is 10.1. The van der Waals surface area contributed by atoms with E-state index in [-0.39, 0.29) is 0 Å². The summed E-state index contributed by atoms with van der Waals surface area (Å²) in [4.78, 5) is 4.54. The summed E-state index contributed by atoms with van der Waals surface area (Å²) in [6.45, 7) is 7.78. The maximum absolute atomic E-state index is 8.75. The first-order valence-electron chi connectivity index (χ1n) is 6.73. The SMILES string of the molecule is CCNC(=NCc1ccc(C#N)cc1)NC(C)CC. The van der Waals surface area contributed by atoms with Crippen LogP contribution < -0.4 is 10.6 Å². The van der Waals surface area contributed by atoms with Gasteiger partial charge < -0.3 is 10.6 Å². The molecule has 0 fully saturated rings. The Hall–Kier alpha value is -2.02. The number of nitrogens with zero attached hydrogens (tertiary/aromatic N) is 2. The molecule has 4 nitrogen and oxygen atoms in total. The van der Waals surface area contributed by atoms with E-state index in [1.54, 1.807) is 0 Å². The average Bonchev–Trinajstić information content (AvgIpc) is 2.45. The van der Waals surface area contributed by atoms with Crippen LogP contribution in [0.5, 0.6) is 0 Å². The van der Waals surface area contributed by atoms with Gasteiger partial charge in [0, 0.05) is 12.6 Å². The fourth-order valence-electron chi connectivity index (χ4n) is 1.51. The molecule has 0 amide bonds. The lowest BCUT2D eigenvalue weighted by molar-refractivity contribution is 0.624. The van der Waals surface area contributed by atoms with Gasteiger partial charge in [-0.2, -0.15) is 5.26 Å². The normalized spacial score (nSPS) is 12.6. The summed E-state index contributed by atoms with van der Waals surface area (Å²) < 4.78 is 0. The first-order chi connectivity index (χ1) is 9.19. The highest BCUT2D eigenvalue weighted by Crippen LogP contribution is 2.04. The average molecular weight is 258 g/mol. The summed E-state index contributed by atoms with van der Waals surface area (Å²) in [5.41, 5.74) is 1.78. The summed E-state index contributed by atoms with van der Waals surface area (Å²) >= 11 is 0. The number of rotatable bonds is 5. The first kappa shape index (κ1) is 15.0. The number of hydrogen-bond donors (Lipinski definition) is 2. The lowest BCUT2D eigenvalue weighted by Crippen LogP contribution is -2.41. The Morgan fingerprint density at radius 1 is 1.32 bits per heavy atom. The smallest absolute Gasteiger partial charge is 0.191 e. The molecule has 102 valence electrons. The number of hydrogen-bond acceptors (Lipinski definition) is 2. The largest absolute Gasteiger partial charge is 0.357 e. The van der Waals surface area contributed by atoms with E-state index in [1.165, 1.54) is 0 Å². The van der Waals surface area contributed by atoms with Gasteiger partial charge in [-0.15, -0.1) is 0 Å². The van der Waals surface area contributed by atoms with E-state index < -0.39 is 0 Å². The van der Waals surface area contributed by atoms with Crippen LogP contribution in [0.15, 0.2) is 29.3 Å². The molecule has 4 heteroatoms. The molecule has 0 saturated heterocycles. The molecule has 1 aromatic rings. The zero-order valence-corrected chi connectivity index (χ0v) is 11.9. The van der Waals surface area contributed by atoms with E-state index in [9.17, 15) is 0 Å². The van der Waals surface area contributed by atoms with E-state index >= 15 is 0 Å². The van der Waals surface area contributed by atoms with E-state index in [2.05, 4.69) is 42.5 Å². The zero-order valence-electron chi connectivity index (χ0n) is 11.9. The van der Waals surface area contributed by atoms with Gasteiger partial charge in [0.1, 0.15) is 0 Å². The van der Waals surface area contributed by atoms with Crippen molar-refractivity contribution in [1.29, 1.82) is 5.26 Å². The monoisotopic (exact) mass is 258 g/mol. The molecule has 0 heterocycles. The van der Waals surface area contributed by atoms with Crippen LogP contribution in [0.2, 0.25) is 0 Å². The highest BCUT2D eigenvalue weighted by Gasteiger charge is 2.02. The summed E-state index contributed by atoms with van der Waals surface area (Å²) in [5.74, 6) is 0.834. The third-order valence-electron chi connectivity index (χ3n) is 2.84. The second-order valence-corrected chi connectivity index (χ2v) is 4.46. The minimum Gasteiger partial charge on any atom is -0.357 e. The van der Waals surface area contributed by atoms with E-state index in [1.807, 2.05) is 24.3 Å². The van der Waals surface area contributed by atoms with Crippen LogP contribution in [0.25, 0.3) is 0 Å². The highest BCUT2D eigenvalue weighted by atomic mass is 15.2. The number of aliphatic imine (C=N–C) groups is 1. The molecule has 0 aliphatic rings. The van der Waals surface area contributed by atoms with Gasteiger partial charge in [-0.25, -0.2) is 4.99 Å². The van der Waals surface area contributed by atoms with Crippen LogP contribution in [0.1, 0.15) is 38.3 Å². The summed E-state index contributed by atoms with van der Waals surface area (Å²) in [6, 6.07) is 10.0. The van der Waals surface area contributed by atoms with Crippen LogP contribution >= 0.6 is 0 Å². The van der Waals surface area contributed by atoms with Crippen molar-refractivity contribution in [2.45, 2.75) is 39.8 Å². The Kier molecular flexibility index (Phi) is 6.45. The minimum atomic E-state index is 0.402. The molecule has 0 aliphatic heterocycles. The van der Waals surface area contributed by atoms with Crippen molar-refractivity contribution in [3.8, 4) is 6.07 Å². The molecule has 1 aromatic carbocycles. The molecule has 1 rings (SSSR count).